The van der Waals surface area contributed by atoms with Crippen molar-refractivity contribution in [2.45, 2.75) is 30.2 Å². The van der Waals surface area contributed by atoms with Crippen molar-refractivity contribution in [3.05, 3.63) is 18.2 Å². The molecule has 1 atom stereocenters. The summed E-state index contributed by atoms with van der Waals surface area (Å²) in [5, 5.41) is 5.23. The third-order valence-electron chi connectivity index (χ3n) is 4.53. The van der Waals surface area contributed by atoms with Crippen molar-refractivity contribution in [2.75, 3.05) is 36.8 Å². The number of primary sulfonamides is 1. The number of para-hydroxylation sites is 1. The molecule has 1 aromatic rings. The molecule has 0 radical (unpaired) electrons. The molecule has 4 N–H and O–H groups in total. The Balaban J connectivity index is 1.88. The van der Waals surface area contributed by atoms with Gasteiger partial charge in [-0.3, -0.25) is 4.90 Å². The third-order valence-corrected chi connectivity index (χ3v) is 5.50. The standard InChI is InChI=1S/C14H22N4O2S/c15-14-12(5-3-6-13(14)21(16,19)20)18-9-8-17-7-2-1-4-11(17)10-18/h3,5-6,11H,1-2,4,7-10,15H2,(H2,16,19,20). The van der Waals surface area contributed by atoms with Gasteiger partial charge in [0.05, 0.1) is 11.4 Å². The van der Waals surface area contributed by atoms with Gasteiger partial charge in [0.15, 0.2) is 0 Å². The third kappa shape index (κ3) is 2.86. The van der Waals surface area contributed by atoms with Crippen molar-refractivity contribution >= 4 is 21.4 Å². The Morgan fingerprint density at radius 1 is 1.14 bits per heavy atom. The fourth-order valence-electron chi connectivity index (χ4n) is 3.43. The second-order valence-electron chi connectivity index (χ2n) is 5.87. The Morgan fingerprint density at radius 2 is 1.95 bits per heavy atom. The number of nitrogens with zero attached hydrogens (tertiary/aromatic N) is 2. The number of nitrogens with two attached hydrogens (primary N) is 2. The number of anilines is 2. The summed E-state index contributed by atoms with van der Waals surface area (Å²) >= 11 is 0. The molecule has 0 spiro atoms. The maximum absolute atomic E-state index is 11.6. The molecule has 6 nitrogen and oxygen atoms in total. The lowest BCUT2D eigenvalue weighted by Crippen LogP contribution is -2.55. The molecule has 0 aromatic heterocycles. The summed E-state index contributed by atoms with van der Waals surface area (Å²) in [4.78, 5) is 4.74. The van der Waals surface area contributed by atoms with E-state index in [2.05, 4.69) is 9.80 Å². The van der Waals surface area contributed by atoms with E-state index in [1.165, 1.54) is 31.9 Å². The SMILES string of the molecule is Nc1c(N2CCN3CCCCC3C2)cccc1S(N)(=O)=O. The highest BCUT2D eigenvalue weighted by Gasteiger charge is 2.30. The number of nitrogen functional groups attached to an aromatic ring is 1. The summed E-state index contributed by atoms with van der Waals surface area (Å²) in [7, 11) is -3.78. The Morgan fingerprint density at radius 3 is 2.71 bits per heavy atom. The minimum atomic E-state index is -3.78. The second-order valence-corrected chi connectivity index (χ2v) is 7.40. The van der Waals surface area contributed by atoms with Crippen LogP contribution in [0.3, 0.4) is 0 Å². The minimum absolute atomic E-state index is 0.0195. The van der Waals surface area contributed by atoms with Crippen LogP contribution in [-0.2, 0) is 10.0 Å². The molecule has 2 aliphatic heterocycles. The first kappa shape index (κ1) is 14.6. The number of rotatable bonds is 2. The summed E-state index contributed by atoms with van der Waals surface area (Å²) in [5.41, 5.74) is 7.11. The molecule has 2 heterocycles. The second kappa shape index (κ2) is 5.47. The maximum atomic E-state index is 11.6. The molecule has 21 heavy (non-hydrogen) atoms. The van der Waals surface area contributed by atoms with E-state index in [4.69, 9.17) is 10.9 Å². The fourth-order valence-corrected chi connectivity index (χ4v) is 4.11. The molecular weight excluding hydrogens is 288 g/mol. The predicted octanol–water partition coefficient (Wildman–Crippen LogP) is 0.591. The van der Waals surface area contributed by atoms with E-state index in [0.29, 0.717) is 6.04 Å². The van der Waals surface area contributed by atoms with E-state index in [9.17, 15) is 8.42 Å². The molecule has 2 saturated heterocycles. The molecule has 2 fully saturated rings. The highest BCUT2D eigenvalue weighted by molar-refractivity contribution is 7.89. The number of piperidine rings is 1. The molecule has 1 aromatic carbocycles. The van der Waals surface area contributed by atoms with Gasteiger partial charge in [-0.05, 0) is 31.5 Å². The average molecular weight is 310 g/mol. The zero-order valence-electron chi connectivity index (χ0n) is 12.0. The summed E-state index contributed by atoms with van der Waals surface area (Å²) in [5.74, 6) is 0. The number of fused-ring (bicyclic) bond motifs is 1. The van der Waals surface area contributed by atoms with Crippen molar-refractivity contribution in [3.63, 3.8) is 0 Å². The van der Waals surface area contributed by atoms with Gasteiger partial charge in [0.25, 0.3) is 0 Å². The van der Waals surface area contributed by atoms with E-state index in [1.54, 1.807) is 6.07 Å². The van der Waals surface area contributed by atoms with Gasteiger partial charge in [-0.15, -0.1) is 0 Å². The van der Waals surface area contributed by atoms with E-state index >= 15 is 0 Å². The summed E-state index contributed by atoms with van der Waals surface area (Å²) in [6.07, 6.45) is 3.74. The zero-order valence-corrected chi connectivity index (χ0v) is 12.8. The van der Waals surface area contributed by atoms with E-state index in [0.717, 1.165) is 25.3 Å². The first-order valence-corrected chi connectivity index (χ1v) is 8.92. The fraction of sp³-hybridized carbons (Fsp3) is 0.571. The van der Waals surface area contributed by atoms with Gasteiger partial charge in [0, 0.05) is 25.7 Å². The highest BCUT2D eigenvalue weighted by Crippen LogP contribution is 2.32. The van der Waals surface area contributed by atoms with Crippen LogP contribution in [0.25, 0.3) is 0 Å². The quantitative estimate of drug-likeness (QED) is 0.780. The molecule has 0 aliphatic carbocycles. The van der Waals surface area contributed by atoms with Gasteiger partial charge in [-0.1, -0.05) is 12.5 Å². The van der Waals surface area contributed by atoms with Crippen molar-refractivity contribution in [3.8, 4) is 0 Å². The Bertz CT molecular complexity index is 632. The molecule has 1 unspecified atom stereocenters. The van der Waals surface area contributed by atoms with Crippen LogP contribution in [0.5, 0.6) is 0 Å². The molecule has 3 rings (SSSR count). The Labute approximate surface area is 125 Å². The van der Waals surface area contributed by atoms with Gasteiger partial charge < -0.3 is 10.6 Å². The smallest absolute Gasteiger partial charge is 0.240 e. The summed E-state index contributed by atoms with van der Waals surface area (Å²) in [6.45, 7) is 3.95. The van der Waals surface area contributed by atoms with Crippen molar-refractivity contribution in [1.29, 1.82) is 0 Å². The van der Waals surface area contributed by atoms with Crippen LogP contribution in [0, 0.1) is 0 Å². The van der Waals surface area contributed by atoms with E-state index in [1.807, 2.05) is 6.07 Å². The van der Waals surface area contributed by atoms with Crippen LogP contribution >= 0.6 is 0 Å². The molecule has 0 amide bonds. The predicted molar refractivity (Wildman–Crippen MR) is 83.7 cm³/mol. The summed E-state index contributed by atoms with van der Waals surface area (Å²) in [6, 6.07) is 5.59. The van der Waals surface area contributed by atoms with Gasteiger partial charge in [-0.25, -0.2) is 13.6 Å². The maximum Gasteiger partial charge on any atom is 0.240 e. The van der Waals surface area contributed by atoms with Gasteiger partial charge >= 0.3 is 0 Å². The number of hydrogen-bond donors (Lipinski definition) is 2. The van der Waals surface area contributed by atoms with E-state index in [-0.39, 0.29) is 10.6 Å². The van der Waals surface area contributed by atoms with Gasteiger partial charge in [0.2, 0.25) is 10.0 Å². The summed E-state index contributed by atoms with van der Waals surface area (Å²) < 4.78 is 23.2. The lowest BCUT2D eigenvalue weighted by molar-refractivity contribution is 0.133. The van der Waals surface area contributed by atoms with Crippen LogP contribution in [0.4, 0.5) is 11.4 Å². The first-order chi connectivity index (χ1) is 9.97. The molecule has 116 valence electrons. The van der Waals surface area contributed by atoms with E-state index < -0.39 is 10.0 Å². The molecule has 0 saturated carbocycles. The largest absolute Gasteiger partial charge is 0.396 e. The Kier molecular flexibility index (Phi) is 3.81. The zero-order chi connectivity index (χ0) is 15.0. The lowest BCUT2D eigenvalue weighted by Gasteiger charge is -2.45. The van der Waals surface area contributed by atoms with Gasteiger partial charge in [-0.2, -0.15) is 0 Å². The van der Waals surface area contributed by atoms with Crippen molar-refractivity contribution in [2.24, 2.45) is 5.14 Å². The number of piperazine rings is 1. The van der Waals surface area contributed by atoms with Crippen LogP contribution < -0.4 is 15.8 Å². The minimum Gasteiger partial charge on any atom is -0.396 e. The topological polar surface area (TPSA) is 92.7 Å². The number of benzene rings is 1. The van der Waals surface area contributed by atoms with Gasteiger partial charge in [0.1, 0.15) is 4.90 Å². The van der Waals surface area contributed by atoms with Crippen LogP contribution in [-0.4, -0.2) is 45.5 Å². The van der Waals surface area contributed by atoms with Crippen LogP contribution in [0.1, 0.15) is 19.3 Å². The monoisotopic (exact) mass is 310 g/mol. The Hall–Kier alpha value is -1.31. The molecule has 0 bridgehead atoms. The first-order valence-electron chi connectivity index (χ1n) is 7.37. The average Bonchev–Trinajstić information content (AvgIpc) is 2.46. The van der Waals surface area contributed by atoms with Crippen LogP contribution in [0.2, 0.25) is 0 Å². The van der Waals surface area contributed by atoms with Crippen molar-refractivity contribution < 1.29 is 8.42 Å². The molecular formula is C14H22N4O2S. The van der Waals surface area contributed by atoms with Crippen LogP contribution in [0.15, 0.2) is 23.1 Å². The number of sulfonamides is 1. The lowest BCUT2D eigenvalue weighted by atomic mass is 9.99. The highest BCUT2D eigenvalue weighted by atomic mass is 32.2. The van der Waals surface area contributed by atoms with Crippen molar-refractivity contribution in [1.82, 2.24) is 4.90 Å². The molecule has 7 heteroatoms. The normalized spacial score (nSPS) is 23.9. The number of hydrogen-bond acceptors (Lipinski definition) is 5. The molecule has 2 aliphatic rings.